The summed E-state index contributed by atoms with van der Waals surface area (Å²) in [7, 11) is 0. The van der Waals surface area contributed by atoms with Gasteiger partial charge in [-0.3, -0.25) is 19.3 Å². The van der Waals surface area contributed by atoms with Gasteiger partial charge in [0, 0.05) is 10.2 Å². The molecule has 196 valence electrons. The molecule has 0 aromatic heterocycles. The van der Waals surface area contributed by atoms with E-state index in [1.54, 1.807) is 54.6 Å². The normalized spacial score (nSPS) is 14.2. The maximum Gasteiger partial charge on any atom is 0.294 e. The highest BCUT2D eigenvalue weighted by Crippen LogP contribution is 2.39. The fourth-order valence-electron chi connectivity index (χ4n) is 3.48. The van der Waals surface area contributed by atoms with Crippen molar-refractivity contribution in [2.24, 2.45) is 0 Å². The number of benzene rings is 3. The second-order valence-corrected chi connectivity index (χ2v) is 10.8. The van der Waals surface area contributed by atoms with Crippen molar-refractivity contribution in [3.05, 3.63) is 91.5 Å². The van der Waals surface area contributed by atoms with Crippen molar-refractivity contribution in [2.45, 2.75) is 13.5 Å². The van der Waals surface area contributed by atoms with Crippen molar-refractivity contribution >= 4 is 72.4 Å². The van der Waals surface area contributed by atoms with Gasteiger partial charge in [0.05, 0.1) is 16.0 Å². The van der Waals surface area contributed by atoms with Gasteiger partial charge in [-0.25, -0.2) is 4.39 Å². The second kappa shape index (κ2) is 12.6. The molecule has 38 heavy (non-hydrogen) atoms. The third-order valence-electron chi connectivity index (χ3n) is 5.23. The standard InChI is InChI=1S/C27H21Br2FN2O5S/c1-2-36-22-12-17(11-21(29)25(22)37-15-16-3-7-19(30)8-4-16)13-23-26(34)32(27(35)38-23)14-24(33)31-20-9-5-18(28)6-10-20/h3-13H,2,14-15H2,1H3,(H,31,33)/b23-13-. The van der Waals surface area contributed by atoms with E-state index in [1.807, 2.05) is 6.92 Å². The van der Waals surface area contributed by atoms with E-state index >= 15 is 0 Å². The number of nitrogens with one attached hydrogen (secondary N) is 1. The zero-order chi connectivity index (χ0) is 27.2. The second-order valence-electron chi connectivity index (χ2n) is 8.00. The quantitative estimate of drug-likeness (QED) is 0.248. The molecule has 1 aliphatic heterocycles. The molecule has 1 saturated heterocycles. The lowest BCUT2D eigenvalue weighted by Crippen LogP contribution is -2.36. The Balaban J connectivity index is 1.48. The summed E-state index contributed by atoms with van der Waals surface area (Å²) >= 11 is 7.57. The number of nitrogens with zero attached hydrogens (tertiary/aromatic N) is 1. The number of rotatable bonds is 9. The van der Waals surface area contributed by atoms with Gasteiger partial charge in [-0.1, -0.05) is 28.1 Å². The van der Waals surface area contributed by atoms with E-state index < -0.39 is 23.6 Å². The van der Waals surface area contributed by atoms with Gasteiger partial charge in [0.2, 0.25) is 5.91 Å². The lowest BCUT2D eigenvalue weighted by Gasteiger charge is -2.15. The van der Waals surface area contributed by atoms with Crippen molar-refractivity contribution in [1.82, 2.24) is 4.90 Å². The Kier molecular flexibility index (Phi) is 9.24. The Labute approximate surface area is 239 Å². The fourth-order valence-corrected chi connectivity index (χ4v) is 5.15. The number of hydrogen-bond acceptors (Lipinski definition) is 6. The number of carbonyl (C=O) groups excluding carboxylic acids is 3. The van der Waals surface area contributed by atoms with Crippen LogP contribution in [0.15, 0.2) is 74.5 Å². The van der Waals surface area contributed by atoms with Crippen LogP contribution in [0.25, 0.3) is 6.08 Å². The predicted molar refractivity (Wildman–Crippen MR) is 151 cm³/mol. The average Bonchev–Trinajstić information content (AvgIpc) is 3.13. The molecule has 1 N–H and O–H groups in total. The fraction of sp³-hybridized carbons (Fsp3) is 0.148. The lowest BCUT2D eigenvalue weighted by molar-refractivity contribution is -0.127. The molecule has 3 aromatic rings. The highest BCUT2D eigenvalue weighted by atomic mass is 79.9. The van der Waals surface area contributed by atoms with Crippen LogP contribution in [-0.4, -0.2) is 35.1 Å². The minimum Gasteiger partial charge on any atom is -0.490 e. The van der Waals surface area contributed by atoms with Crippen molar-refractivity contribution < 1.29 is 28.2 Å². The van der Waals surface area contributed by atoms with Gasteiger partial charge in [0.25, 0.3) is 11.1 Å². The van der Waals surface area contributed by atoms with E-state index in [4.69, 9.17) is 9.47 Å². The number of anilines is 1. The molecule has 7 nitrogen and oxygen atoms in total. The minimum absolute atomic E-state index is 0.181. The van der Waals surface area contributed by atoms with E-state index in [0.29, 0.717) is 33.8 Å². The van der Waals surface area contributed by atoms with E-state index in [1.165, 1.54) is 12.1 Å². The monoisotopic (exact) mass is 662 g/mol. The van der Waals surface area contributed by atoms with Gasteiger partial charge in [-0.2, -0.15) is 0 Å². The zero-order valence-corrected chi connectivity index (χ0v) is 24.0. The first kappa shape index (κ1) is 27.9. The van der Waals surface area contributed by atoms with Crippen molar-refractivity contribution in [3.8, 4) is 11.5 Å². The molecule has 0 atom stereocenters. The summed E-state index contributed by atoms with van der Waals surface area (Å²) in [6.45, 7) is 1.99. The van der Waals surface area contributed by atoms with Gasteiger partial charge in [0.15, 0.2) is 11.5 Å². The van der Waals surface area contributed by atoms with Gasteiger partial charge < -0.3 is 14.8 Å². The number of halogens is 3. The Morgan fingerprint density at radius 3 is 2.45 bits per heavy atom. The summed E-state index contributed by atoms with van der Waals surface area (Å²) in [5, 5.41) is 2.14. The number of ether oxygens (including phenoxy) is 2. The Hall–Kier alpha value is -3.15. The first-order valence-corrected chi connectivity index (χ1v) is 13.8. The number of imide groups is 1. The van der Waals surface area contributed by atoms with Crippen LogP contribution in [-0.2, 0) is 16.2 Å². The van der Waals surface area contributed by atoms with Crippen LogP contribution in [0.2, 0.25) is 0 Å². The minimum atomic E-state index is -0.559. The molecule has 0 unspecified atom stereocenters. The molecule has 0 bridgehead atoms. The maximum atomic E-state index is 13.2. The average molecular weight is 664 g/mol. The van der Waals surface area contributed by atoms with Gasteiger partial charge in [-0.15, -0.1) is 0 Å². The van der Waals surface area contributed by atoms with E-state index in [-0.39, 0.29) is 17.3 Å². The summed E-state index contributed by atoms with van der Waals surface area (Å²) < 4.78 is 26.3. The van der Waals surface area contributed by atoms with E-state index in [2.05, 4.69) is 37.2 Å². The Morgan fingerprint density at radius 2 is 1.76 bits per heavy atom. The number of carbonyl (C=O) groups is 3. The molecule has 3 aromatic carbocycles. The van der Waals surface area contributed by atoms with Crippen molar-refractivity contribution in [3.63, 3.8) is 0 Å². The molecular weight excluding hydrogens is 643 g/mol. The molecule has 11 heteroatoms. The highest BCUT2D eigenvalue weighted by Gasteiger charge is 2.36. The van der Waals surface area contributed by atoms with Crippen LogP contribution in [0.4, 0.5) is 14.9 Å². The van der Waals surface area contributed by atoms with Crippen LogP contribution in [0.1, 0.15) is 18.1 Å². The topological polar surface area (TPSA) is 84.9 Å². The molecule has 1 heterocycles. The summed E-state index contributed by atoms with van der Waals surface area (Å²) in [6.07, 6.45) is 1.56. The van der Waals surface area contributed by atoms with Gasteiger partial charge in [-0.05, 0) is 100 Å². The van der Waals surface area contributed by atoms with Gasteiger partial charge in [0.1, 0.15) is 19.0 Å². The molecule has 0 radical (unpaired) electrons. The molecule has 0 spiro atoms. The van der Waals surface area contributed by atoms with Crippen LogP contribution < -0.4 is 14.8 Å². The summed E-state index contributed by atoms with van der Waals surface area (Å²) in [4.78, 5) is 39.0. The van der Waals surface area contributed by atoms with E-state index in [0.717, 1.165) is 26.7 Å². The molecule has 4 rings (SSSR count). The van der Waals surface area contributed by atoms with Crippen molar-refractivity contribution in [2.75, 3.05) is 18.5 Å². The first-order valence-electron chi connectivity index (χ1n) is 11.4. The molecule has 1 fully saturated rings. The SMILES string of the molecule is CCOc1cc(/C=C2\SC(=O)N(CC(=O)Nc3ccc(Br)cc3)C2=O)cc(Br)c1OCc1ccc(F)cc1. The molecule has 0 aliphatic carbocycles. The molecule has 0 saturated carbocycles. The third kappa shape index (κ3) is 7.03. The lowest BCUT2D eigenvalue weighted by atomic mass is 10.1. The molecule has 1 aliphatic rings. The number of hydrogen-bond donors (Lipinski definition) is 1. The van der Waals surface area contributed by atoms with Crippen LogP contribution in [0, 0.1) is 5.82 Å². The summed E-state index contributed by atoms with van der Waals surface area (Å²) in [6, 6.07) is 16.4. The van der Waals surface area contributed by atoms with Crippen LogP contribution >= 0.6 is 43.6 Å². The predicted octanol–water partition coefficient (Wildman–Crippen LogP) is 7.00. The van der Waals surface area contributed by atoms with Crippen LogP contribution in [0.5, 0.6) is 11.5 Å². The van der Waals surface area contributed by atoms with Gasteiger partial charge >= 0.3 is 0 Å². The molecule has 3 amide bonds. The Morgan fingerprint density at radius 1 is 1.05 bits per heavy atom. The highest BCUT2D eigenvalue weighted by molar-refractivity contribution is 9.10. The van der Waals surface area contributed by atoms with Crippen molar-refractivity contribution in [1.29, 1.82) is 0 Å². The zero-order valence-electron chi connectivity index (χ0n) is 20.0. The van der Waals surface area contributed by atoms with E-state index in [9.17, 15) is 18.8 Å². The third-order valence-corrected chi connectivity index (χ3v) is 7.25. The Bertz CT molecular complexity index is 1400. The number of thioether (sulfide) groups is 1. The maximum absolute atomic E-state index is 13.2. The number of amides is 3. The van der Waals surface area contributed by atoms with Crippen LogP contribution in [0.3, 0.4) is 0 Å². The largest absolute Gasteiger partial charge is 0.490 e. The smallest absolute Gasteiger partial charge is 0.294 e. The first-order chi connectivity index (χ1) is 18.2. The molecular formula is C27H21Br2FN2O5S. The summed E-state index contributed by atoms with van der Waals surface area (Å²) in [5.41, 5.74) is 1.93. The summed E-state index contributed by atoms with van der Waals surface area (Å²) in [5.74, 6) is -0.491.